The molecule has 0 unspecified atom stereocenters. The fourth-order valence-electron chi connectivity index (χ4n) is 2.04. The summed E-state index contributed by atoms with van der Waals surface area (Å²) in [6.45, 7) is 1.34. The van der Waals surface area contributed by atoms with E-state index in [9.17, 15) is 9.18 Å². The Morgan fingerprint density at radius 2 is 2.14 bits per heavy atom. The van der Waals surface area contributed by atoms with Crippen molar-refractivity contribution in [2.45, 2.75) is 6.54 Å². The summed E-state index contributed by atoms with van der Waals surface area (Å²) < 4.78 is 23.7. The van der Waals surface area contributed by atoms with Crippen LogP contribution in [-0.2, 0) is 11.3 Å². The predicted molar refractivity (Wildman–Crippen MR) is 83.9 cm³/mol. The Bertz CT molecular complexity index is 616. The highest BCUT2D eigenvalue weighted by Gasteiger charge is 2.18. The number of halogens is 1. The Balaban J connectivity index is 2.18. The summed E-state index contributed by atoms with van der Waals surface area (Å²) in [5, 5.41) is 3.95. The lowest BCUT2D eigenvalue weighted by Gasteiger charge is -2.22. The highest BCUT2D eigenvalue weighted by Crippen LogP contribution is 2.19. The topological polar surface area (TPSA) is 38.8 Å². The number of ether oxygens (including phenoxy) is 2. The third-order valence-corrected chi connectivity index (χ3v) is 3.94. The molecule has 1 aromatic carbocycles. The SMILES string of the molecule is COCCN(Cc1ccsc1)C(=O)c1ccc(OC)c(F)c1. The predicted octanol–water partition coefficient (Wildman–Crippen LogP) is 3.18. The van der Waals surface area contributed by atoms with Crippen LogP contribution < -0.4 is 4.74 Å². The van der Waals surface area contributed by atoms with Gasteiger partial charge in [-0.3, -0.25) is 4.79 Å². The van der Waals surface area contributed by atoms with Crippen molar-refractivity contribution >= 4 is 17.2 Å². The first-order valence-electron chi connectivity index (χ1n) is 6.78. The van der Waals surface area contributed by atoms with Crippen molar-refractivity contribution in [2.75, 3.05) is 27.4 Å². The van der Waals surface area contributed by atoms with Crippen LogP contribution in [0.1, 0.15) is 15.9 Å². The molecule has 0 atom stereocenters. The highest BCUT2D eigenvalue weighted by atomic mass is 32.1. The third kappa shape index (κ3) is 4.05. The molecule has 4 nitrogen and oxygen atoms in total. The Morgan fingerprint density at radius 3 is 2.73 bits per heavy atom. The molecule has 0 aliphatic rings. The van der Waals surface area contributed by atoms with Crippen molar-refractivity contribution in [1.82, 2.24) is 4.90 Å². The van der Waals surface area contributed by atoms with Gasteiger partial charge in [-0.25, -0.2) is 4.39 Å². The Hall–Kier alpha value is -1.92. The largest absolute Gasteiger partial charge is 0.494 e. The van der Waals surface area contributed by atoms with Crippen LogP contribution in [0.4, 0.5) is 4.39 Å². The molecule has 2 rings (SSSR count). The van der Waals surface area contributed by atoms with Crippen LogP contribution in [0.5, 0.6) is 5.75 Å². The van der Waals surface area contributed by atoms with Crippen molar-refractivity contribution in [3.63, 3.8) is 0 Å². The lowest BCUT2D eigenvalue weighted by Crippen LogP contribution is -2.33. The van der Waals surface area contributed by atoms with E-state index in [1.807, 2.05) is 16.8 Å². The number of hydrogen-bond donors (Lipinski definition) is 0. The number of hydrogen-bond acceptors (Lipinski definition) is 4. The summed E-state index contributed by atoms with van der Waals surface area (Å²) in [6.07, 6.45) is 0. The van der Waals surface area contributed by atoms with Gasteiger partial charge in [-0.15, -0.1) is 0 Å². The molecule has 0 spiro atoms. The van der Waals surface area contributed by atoms with Crippen LogP contribution in [0.25, 0.3) is 0 Å². The second kappa shape index (κ2) is 7.91. The maximum atomic E-state index is 13.8. The minimum Gasteiger partial charge on any atom is -0.494 e. The molecule has 2 aromatic rings. The highest BCUT2D eigenvalue weighted by molar-refractivity contribution is 7.07. The van der Waals surface area contributed by atoms with Crippen molar-refractivity contribution in [3.05, 3.63) is 52.0 Å². The van der Waals surface area contributed by atoms with Crippen LogP contribution in [0.2, 0.25) is 0 Å². The van der Waals surface area contributed by atoms with E-state index in [4.69, 9.17) is 9.47 Å². The van der Waals surface area contributed by atoms with Gasteiger partial charge in [0.1, 0.15) is 0 Å². The summed E-state index contributed by atoms with van der Waals surface area (Å²) in [5.41, 5.74) is 1.34. The van der Waals surface area contributed by atoms with Gasteiger partial charge in [0.25, 0.3) is 5.91 Å². The zero-order valence-corrected chi connectivity index (χ0v) is 13.4. The lowest BCUT2D eigenvalue weighted by atomic mass is 10.1. The molecular weight excluding hydrogens is 305 g/mol. The molecular formula is C16H18FNO3S. The van der Waals surface area contributed by atoms with Gasteiger partial charge in [0.15, 0.2) is 11.6 Å². The first-order valence-corrected chi connectivity index (χ1v) is 7.72. The standard InChI is InChI=1S/C16H18FNO3S/c1-20-7-6-18(10-12-5-8-22-11-12)16(19)13-3-4-15(21-2)14(17)9-13/h3-5,8-9,11H,6-7,10H2,1-2H3. The van der Waals surface area contributed by atoms with Crippen LogP contribution in [0, 0.1) is 5.82 Å². The van der Waals surface area contributed by atoms with Gasteiger partial charge in [0, 0.05) is 25.8 Å². The van der Waals surface area contributed by atoms with E-state index in [-0.39, 0.29) is 11.7 Å². The van der Waals surface area contributed by atoms with Crippen LogP contribution in [0.15, 0.2) is 35.0 Å². The number of carbonyl (C=O) groups excluding carboxylic acids is 1. The van der Waals surface area contributed by atoms with Gasteiger partial charge in [-0.05, 0) is 40.6 Å². The zero-order chi connectivity index (χ0) is 15.9. The van der Waals surface area contributed by atoms with Gasteiger partial charge in [0.05, 0.1) is 13.7 Å². The molecule has 0 aliphatic carbocycles. The quantitative estimate of drug-likeness (QED) is 0.785. The monoisotopic (exact) mass is 323 g/mol. The molecule has 6 heteroatoms. The minimum absolute atomic E-state index is 0.123. The Kier molecular flexibility index (Phi) is 5.91. The molecule has 118 valence electrons. The molecule has 0 fully saturated rings. The normalized spacial score (nSPS) is 10.5. The molecule has 0 saturated heterocycles. The summed E-state index contributed by atoms with van der Waals surface area (Å²) in [4.78, 5) is 14.2. The maximum absolute atomic E-state index is 13.8. The Labute approximate surface area is 133 Å². The van der Waals surface area contributed by atoms with Crippen molar-refractivity contribution in [2.24, 2.45) is 0 Å². The molecule has 1 aromatic heterocycles. The van der Waals surface area contributed by atoms with Crippen molar-refractivity contribution in [1.29, 1.82) is 0 Å². The van der Waals surface area contributed by atoms with Gasteiger partial charge in [-0.2, -0.15) is 11.3 Å². The van der Waals surface area contributed by atoms with Crippen molar-refractivity contribution in [3.8, 4) is 5.75 Å². The number of nitrogens with zero attached hydrogens (tertiary/aromatic N) is 1. The van der Waals surface area contributed by atoms with Gasteiger partial charge in [0.2, 0.25) is 0 Å². The van der Waals surface area contributed by atoms with E-state index in [1.165, 1.54) is 19.2 Å². The van der Waals surface area contributed by atoms with E-state index in [1.54, 1.807) is 29.4 Å². The number of benzene rings is 1. The zero-order valence-electron chi connectivity index (χ0n) is 12.5. The summed E-state index contributed by atoms with van der Waals surface area (Å²) in [5.74, 6) is -0.654. The molecule has 22 heavy (non-hydrogen) atoms. The summed E-state index contributed by atoms with van der Waals surface area (Å²) >= 11 is 1.57. The smallest absolute Gasteiger partial charge is 0.254 e. The fraction of sp³-hybridized carbons (Fsp3) is 0.312. The van der Waals surface area contributed by atoms with Gasteiger partial charge < -0.3 is 14.4 Å². The molecule has 1 heterocycles. The van der Waals surface area contributed by atoms with Crippen LogP contribution >= 0.6 is 11.3 Å². The molecule has 0 bridgehead atoms. The molecule has 1 amide bonds. The number of carbonyl (C=O) groups is 1. The van der Waals surface area contributed by atoms with E-state index in [0.29, 0.717) is 25.3 Å². The summed E-state index contributed by atoms with van der Waals surface area (Å²) in [7, 11) is 2.97. The molecule has 0 N–H and O–H groups in total. The van der Waals surface area contributed by atoms with E-state index >= 15 is 0 Å². The fourth-order valence-corrected chi connectivity index (χ4v) is 2.70. The first kappa shape index (κ1) is 16.5. The molecule has 0 aliphatic heterocycles. The number of methoxy groups -OCH3 is 2. The number of rotatable bonds is 7. The third-order valence-electron chi connectivity index (χ3n) is 3.20. The van der Waals surface area contributed by atoms with E-state index < -0.39 is 5.82 Å². The minimum atomic E-state index is -0.546. The molecule has 0 radical (unpaired) electrons. The number of amides is 1. The Morgan fingerprint density at radius 1 is 1.32 bits per heavy atom. The number of thiophene rings is 1. The van der Waals surface area contributed by atoms with Crippen LogP contribution in [0.3, 0.4) is 0 Å². The maximum Gasteiger partial charge on any atom is 0.254 e. The van der Waals surface area contributed by atoms with E-state index in [2.05, 4.69) is 0 Å². The summed E-state index contributed by atoms with van der Waals surface area (Å²) in [6, 6.07) is 6.19. The average molecular weight is 323 g/mol. The first-order chi connectivity index (χ1) is 10.7. The van der Waals surface area contributed by atoms with Gasteiger partial charge in [-0.1, -0.05) is 0 Å². The average Bonchev–Trinajstić information content (AvgIpc) is 3.03. The molecule has 0 saturated carbocycles. The second-order valence-corrected chi connectivity index (χ2v) is 5.48. The van der Waals surface area contributed by atoms with E-state index in [0.717, 1.165) is 5.56 Å². The van der Waals surface area contributed by atoms with Crippen molar-refractivity contribution < 1.29 is 18.7 Å². The van der Waals surface area contributed by atoms with Gasteiger partial charge >= 0.3 is 0 Å². The van der Waals surface area contributed by atoms with Crippen LogP contribution in [-0.4, -0.2) is 38.2 Å². The lowest BCUT2D eigenvalue weighted by molar-refractivity contribution is 0.0680. The second-order valence-electron chi connectivity index (χ2n) is 4.70.